The number of halogens is 3. The van der Waals surface area contributed by atoms with Gasteiger partial charge in [-0.05, 0) is 6.07 Å². The van der Waals surface area contributed by atoms with Gasteiger partial charge in [0.25, 0.3) is 27.9 Å². The topological polar surface area (TPSA) is 99.5 Å². The summed E-state index contributed by atoms with van der Waals surface area (Å²) in [5, 5.41) is 1.49. The fourth-order valence-electron chi connectivity index (χ4n) is 2.42. The summed E-state index contributed by atoms with van der Waals surface area (Å²) in [4.78, 5) is 15.5. The summed E-state index contributed by atoms with van der Waals surface area (Å²) >= 11 is 0.953. The van der Waals surface area contributed by atoms with Crippen LogP contribution in [0.1, 0.15) is 0 Å². The Bertz CT molecular complexity index is 1220. The Morgan fingerprint density at radius 2 is 2.07 bits per heavy atom. The second kappa shape index (κ2) is 7.91. The number of alkyl halides is 2. The van der Waals surface area contributed by atoms with Crippen molar-refractivity contribution in [2.45, 2.75) is 11.3 Å². The predicted octanol–water partition coefficient (Wildman–Crippen LogP) is 2.59. The maximum atomic E-state index is 14.1. The number of anilines is 1. The van der Waals surface area contributed by atoms with Crippen molar-refractivity contribution in [2.75, 3.05) is 18.4 Å². The van der Waals surface area contributed by atoms with Crippen molar-refractivity contribution in [1.29, 1.82) is 0 Å². The summed E-state index contributed by atoms with van der Waals surface area (Å²) in [6, 6.07) is 2.18. The molecular formula is C16H14F3N3O5S2. The van der Waals surface area contributed by atoms with Gasteiger partial charge in [0, 0.05) is 30.1 Å². The average molecular weight is 449 g/mol. The van der Waals surface area contributed by atoms with Crippen LogP contribution in [-0.4, -0.2) is 38.1 Å². The highest BCUT2D eigenvalue weighted by Crippen LogP contribution is 2.33. The number of nitrogens with one attached hydrogen (secondary N) is 1. The summed E-state index contributed by atoms with van der Waals surface area (Å²) in [6.07, 6.45) is -1.42. The molecule has 0 aromatic carbocycles. The molecule has 0 radical (unpaired) electrons. The first-order chi connectivity index (χ1) is 13.6. The maximum Gasteiger partial charge on any atom is 0.272 e. The summed E-state index contributed by atoms with van der Waals surface area (Å²) in [5.74, 6) is -2.29. The Morgan fingerprint density at radius 1 is 1.34 bits per heavy atom. The summed E-state index contributed by atoms with van der Waals surface area (Å²) in [5.41, 5.74) is -0.725. The van der Waals surface area contributed by atoms with Crippen molar-refractivity contribution < 1.29 is 31.1 Å². The molecule has 1 N–H and O–H groups in total. The molecule has 0 aliphatic heterocycles. The van der Waals surface area contributed by atoms with E-state index < -0.39 is 34.8 Å². The van der Waals surface area contributed by atoms with E-state index in [0.717, 1.165) is 18.4 Å². The van der Waals surface area contributed by atoms with Gasteiger partial charge in [-0.3, -0.25) is 9.52 Å². The zero-order valence-electron chi connectivity index (χ0n) is 15.0. The van der Waals surface area contributed by atoms with Crippen molar-refractivity contribution in [3.63, 3.8) is 0 Å². The monoisotopic (exact) mass is 449 g/mol. The molecule has 0 bridgehead atoms. The van der Waals surface area contributed by atoms with E-state index in [1.54, 1.807) is 0 Å². The Labute approximate surface area is 166 Å². The van der Waals surface area contributed by atoms with Gasteiger partial charge >= 0.3 is 0 Å². The predicted molar refractivity (Wildman–Crippen MR) is 100 cm³/mol. The zero-order valence-corrected chi connectivity index (χ0v) is 16.6. The molecule has 0 spiro atoms. The largest absolute Gasteiger partial charge is 0.479 e. The molecule has 0 fully saturated rings. The first-order valence-corrected chi connectivity index (χ1v) is 10.3. The van der Waals surface area contributed by atoms with E-state index in [1.165, 1.54) is 29.3 Å². The van der Waals surface area contributed by atoms with Gasteiger partial charge in [-0.25, -0.2) is 21.6 Å². The molecule has 0 aliphatic carbocycles. The fraction of sp³-hybridized carbons (Fsp3) is 0.250. The number of rotatable bonds is 7. The fourth-order valence-corrected chi connectivity index (χ4v) is 5.05. The Kier molecular flexibility index (Phi) is 5.71. The number of fused-ring (bicyclic) bond motifs is 1. The van der Waals surface area contributed by atoms with Crippen LogP contribution in [0.3, 0.4) is 0 Å². The highest BCUT2D eigenvalue weighted by Gasteiger charge is 2.24. The van der Waals surface area contributed by atoms with E-state index in [2.05, 4.69) is 14.4 Å². The second-order valence-corrected chi connectivity index (χ2v) is 8.24. The number of aryl methyl sites for hydroxylation is 1. The number of sulfonamides is 1. The number of methoxy groups -OCH3 is 1. The van der Waals surface area contributed by atoms with E-state index in [4.69, 9.17) is 4.74 Å². The van der Waals surface area contributed by atoms with Gasteiger partial charge in [-0.2, -0.15) is 4.98 Å². The van der Waals surface area contributed by atoms with Gasteiger partial charge in [0.15, 0.2) is 12.4 Å². The van der Waals surface area contributed by atoms with Crippen LogP contribution in [0.25, 0.3) is 10.1 Å². The zero-order chi connectivity index (χ0) is 21.3. The van der Waals surface area contributed by atoms with Crippen molar-refractivity contribution in [3.05, 3.63) is 39.9 Å². The average Bonchev–Trinajstić information content (AvgIpc) is 3.09. The Hall–Kier alpha value is -2.80. The molecule has 0 unspecified atom stereocenters. The van der Waals surface area contributed by atoms with E-state index in [9.17, 15) is 26.4 Å². The van der Waals surface area contributed by atoms with E-state index in [-0.39, 0.29) is 32.1 Å². The SMILES string of the molecule is COc1nc(OCC(F)F)c(F)cc1NS(=O)(=O)c1csc2c(=O)n(C)ccc12. The molecular weight excluding hydrogens is 435 g/mol. The Morgan fingerprint density at radius 3 is 2.72 bits per heavy atom. The minimum absolute atomic E-state index is 0.185. The maximum absolute atomic E-state index is 14.1. The normalized spacial score (nSPS) is 11.8. The summed E-state index contributed by atoms with van der Waals surface area (Å²) < 4.78 is 77.4. The van der Waals surface area contributed by atoms with Gasteiger partial charge in [0.1, 0.15) is 15.3 Å². The molecule has 3 heterocycles. The van der Waals surface area contributed by atoms with E-state index in [1.807, 2.05) is 0 Å². The van der Waals surface area contributed by atoms with E-state index in [0.29, 0.717) is 6.07 Å². The van der Waals surface area contributed by atoms with Crippen LogP contribution in [0.2, 0.25) is 0 Å². The van der Waals surface area contributed by atoms with Gasteiger partial charge in [0.2, 0.25) is 5.88 Å². The Balaban J connectivity index is 2.00. The number of aromatic nitrogens is 2. The van der Waals surface area contributed by atoms with Gasteiger partial charge < -0.3 is 14.0 Å². The number of nitrogens with zero attached hydrogens (tertiary/aromatic N) is 2. The number of hydrogen-bond acceptors (Lipinski definition) is 7. The quantitative estimate of drug-likeness (QED) is 0.595. The lowest BCUT2D eigenvalue weighted by Gasteiger charge is -2.13. The van der Waals surface area contributed by atoms with Crippen molar-refractivity contribution in [1.82, 2.24) is 9.55 Å². The molecule has 0 saturated heterocycles. The molecule has 3 aromatic heterocycles. The van der Waals surface area contributed by atoms with Crippen LogP contribution >= 0.6 is 11.3 Å². The lowest BCUT2D eigenvalue weighted by Crippen LogP contribution is -2.17. The molecule has 13 heteroatoms. The molecule has 0 amide bonds. The minimum atomic E-state index is -4.25. The third kappa shape index (κ3) is 4.15. The van der Waals surface area contributed by atoms with Crippen LogP contribution in [0.4, 0.5) is 18.9 Å². The van der Waals surface area contributed by atoms with Gasteiger partial charge in [0.05, 0.1) is 7.11 Å². The highest BCUT2D eigenvalue weighted by atomic mass is 32.2. The third-order valence-electron chi connectivity index (χ3n) is 3.76. The summed E-state index contributed by atoms with van der Waals surface area (Å²) in [7, 11) is -1.58. The minimum Gasteiger partial charge on any atom is -0.479 e. The first-order valence-electron chi connectivity index (χ1n) is 7.89. The third-order valence-corrected chi connectivity index (χ3v) is 6.29. The van der Waals surface area contributed by atoms with Gasteiger partial charge in [-0.15, -0.1) is 11.3 Å². The molecule has 0 aliphatic rings. The first kappa shape index (κ1) is 20.9. The number of thiophene rings is 1. The molecule has 29 heavy (non-hydrogen) atoms. The second-order valence-electron chi connectivity index (χ2n) is 5.71. The molecule has 8 nitrogen and oxygen atoms in total. The van der Waals surface area contributed by atoms with Crippen molar-refractivity contribution >= 4 is 37.1 Å². The molecule has 0 atom stereocenters. The number of ether oxygens (including phenoxy) is 2. The lowest BCUT2D eigenvalue weighted by atomic mass is 10.3. The van der Waals surface area contributed by atoms with Crippen LogP contribution in [0.5, 0.6) is 11.8 Å². The summed E-state index contributed by atoms with van der Waals surface area (Å²) in [6.45, 7) is -1.09. The van der Waals surface area contributed by atoms with Crippen LogP contribution in [0.15, 0.2) is 33.4 Å². The van der Waals surface area contributed by atoms with Crippen LogP contribution < -0.4 is 19.8 Å². The molecule has 3 rings (SSSR count). The van der Waals surface area contributed by atoms with Gasteiger partial charge in [-0.1, -0.05) is 0 Å². The smallest absolute Gasteiger partial charge is 0.272 e. The van der Waals surface area contributed by atoms with Crippen molar-refractivity contribution in [2.24, 2.45) is 7.05 Å². The lowest BCUT2D eigenvalue weighted by molar-refractivity contribution is 0.0770. The molecule has 156 valence electrons. The number of hydrogen-bond donors (Lipinski definition) is 1. The van der Waals surface area contributed by atoms with Crippen LogP contribution in [-0.2, 0) is 17.1 Å². The van der Waals surface area contributed by atoms with Crippen LogP contribution in [0, 0.1) is 5.82 Å². The molecule has 0 saturated carbocycles. The van der Waals surface area contributed by atoms with E-state index >= 15 is 0 Å². The highest BCUT2D eigenvalue weighted by molar-refractivity contribution is 7.93. The standard InChI is InChI=1S/C16H14F3N3O5S2/c1-22-4-3-8-11(7-28-13(8)16(22)23)29(24,25)21-10-5-9(17)14(20-15(10)26-2)27-6-12(18)19/h3-5,7,12,21H,6H2,1-2H3. The van der Waals surface area contributed by atoms with Crippen molar-refractivity contribution in [3.8, 4) is 11.8 Å². The number of pyridine rings is 2. The molecule has 3 aromatic rings.